The van der Waals surface area contributed by atoms with Crippen LogP contribution in [0.2, 0.25) is 5.02 Å². The van der Waals surface area contributed by atoms with Crippen molar-refractivity contribution in [3.8, 4) is 5.69 Å². The Morgan fingerprint density at radius 2 is 1.93 bits per heavy atom. The van der Waals surface area contributed by atoms with E-state index in [-0.39, 0.29) is 17.4 Å². The zero-order chi connectivity index (χ0) is 20.4. The number of aromatic nitrogens is 2. The standard InChI is InChI=1S/C22H27ClN4O2/c1-15-8-9-18(13-19(15)23)27-21(28)11-10-20(25-27)26-12-4-5-16(14-26)22(29)24-17-6-2-3-7-17/h8-11,13,16-17H,2-7,12,14H2,1H3,(H,24,29)/t16-/m1/s1. The first-order valence-corrected chi connectivity index (χ1v) is 10.8. The number of aryl methyl sites for hydroxylation is 1. The highest BCUT2D eigenvalue weighted by Crippen LogP contribution is 2.24. The number of hydrogen-bond acceptors (Lipinski definition) is 4. The van der Waals surface area contributed by atoms with Gasteiger partial charge in [-0.2, -0.15) is 4.68 Å². The molecule has 1 aliphatic carbocycles. The Morgan fingerprint density at radius 3 is 2.69 bits per heavy atom. The molecule has 0 unspecified atom stereocenters. The molecule has 1 aromatic heterocycles. The van der Waals surface area contributed by atoms with Crippen molar-refractivity contribution in [3.05, 3.63) is 51.3 Å². The highest BCUT2D eigenvalue weighted by atomic mass is 35.5. The molecule has 0 spiro atoms. The summed E-state index contributed by atoms with van der Waals surface area (Å²) < 4.78 is 1.38. The molecule has 7 heteroatoms. The van der Waals surface area contributed by atoms with E-state index in [0.717, 1.165) is 37.8 Å². The van der Waals surface area contributed by atoms with Crippen molar-refractivity contribution < 1.29 is 4.79 Å². The van der Waals surface area contributed by atoms with Crippen molar-refractivity contribution in [2.45, 2.75) is 51.5 Å². The van der Waals surface area contributed by atoms with Gasteiger partial charge in [-0.15, -0.1) is 5.10 Å². The second kappa shape index (κ2) is 8.57. The lowest BCUT2D eigenvalue weighted by Gasteiger charge is -2.33. The minimum atomic E-state index is -0.207. The van der Waals surface area contributed by atoms with Crippen LogP contribution >= 0.6 is 11.6 Å². The Labute approximate surface area is 175 Å². The summed E-state index contributed by atoms with van der Waals surface area (Å²) in [5, 5.41) is 8.40. The Kier molecular flexibility index (Phi) is 5.90. The molecule has 29 heavy (non-hydrogen) atoms. The number of carbonyl (C=O) groups is 1. The number of hydrogen-bond donors (Lipinski definition) is 1. The van der Waals surface area contributed by atoms with Gasteiger partial charge in [0.25, 0.3) is 5.56 Å². The average Bonchev–Trinajstić information content (AvgIpc) is 3.23. The lowest BCUT2D eigenvalue weighted by molar-refractivity contribution is -0.125. The van der Waals surface area contributed by atoms with Gasteiger partial charge in [0.05, 0.1) is 11.6 Å². The Hall–Kier alpha value is -2.34. The molecule has 1 aliphatic heterocycles. The van der Waals surface area contributed by atoms with Gasteiger partial charge in [-0.25, -0.2) is 0 Å². The van der Waals surface area contributed by atoms with E-state index < -0.39 is 0 Å². The topological polar surface area (TPSA) is 67.2 Å². The van der Waals surface area contributed by atoms with Crippen LogP contribution in [0, 0.1) is 12.8 Å². The van der Waals surface area contributed by atoms with Gasteiger partial charge in [0, 0.05) is 30.2 Å². The van der Waals surface area contributed by atoms with Gasteiger partial charge < -0.3 is 10.2 Å². The molecule has 2 heterocycles. The molecule has 0 bridgehead atoms. The van der Waals surface area contributed by atoms with Gasteiger partial charge >= 0.3 is 0 Å². The first-order chi connectivity index (χ1) is 14.0. The van der Waals surface area contributed by atoms with Crippen molar-refractivity contribution in [1.29, 1.82) is 0 Å². The van der Waals surface area contributed by atoms with E-state index in [4.69, 9.17) is 11.6 Å². The highest BCUT2D eigenvalue weighted by molar-refractivity contribution is 6.31. The third kappa shape index (κ3) is 4.47. The number of nitrogens with one attached hydrogen (secondary N) is 1. The summed E-state index contributed by atoms with van der Waals surface area (Å²) in [7, 11) is 0. The van der Waals surface area contributed by atoms with Crippen molar-refractivity contribution in [2.75, 3.05) is 18.0 Å². The molecule has 2 fully saturated rings. The maximum Gasteiger partial charge on any atom is 0.271 e. The third-order valence-electron chi connectivity index (χ3n) is 6.00. The molecule has 1 amide bonds. The first kappa shape index (κ1) is 20.0. The number of amides is 1. The second-order valence-corrected chi connectivity index (χ2v) is 8.56. The Balaban J connectivity index is 1.52. The van der Waals surface area contributed by atoms with Gasteiger partial charge in [-0.05, 0) is 56.4 Å². The van der Waals surface area contributed by atoms with E-state index >= 15 is 0 Å². The summed E-state index contributed by atoms with van der Waals surface area (Å²) in [6, 6.07) is 9.08. The zero-order valence-corrected chi connectivity index (χ0v) is 17.5. The van der Waals surface area contributed by atoms with Crippen LogP contribution in [0.1, 0.15) is 44.1 Å². The number of carbonyl (C=O) groups excluding carboxylic acids is 1. The summed E-state index contributed by atoms with van der Waals surface area (Å²) in [6.07, 6.45) is 6.41. The van der Waals surface area contributed by atoms with Crippen LogP contribution in [0.25, 0.3) is 5.69 Å². The largest absolute Gasteiger partial charge is 0.354 e. The fraction of sp³-hybridized carbons (Fsp3) is 0.500. The van der Waals surface area contributed by atoms with Crippen molar-refractivity contribution in [3.63, 3.8) is 0 Å². The monoisotopic (exact) mass is 414 g/mol. The number of anilines is 1. The molecule has 2 aliphatic rings. The molecule has 1 saturated carbocycles. The van der Waals surface area contributed by atoms with Crippen LogP contribution in [-0.4, -0.2) is 34.8 Å². The Bertz CT molecular complexity index is 952. The summed E-state index contributed by atoms with van der Waals surface area (Å²) in [5.41, 5.74) is 1.38. The predicted molar refractivity (Wildman–Crippen MR) is 115 cm³/mol. The van der Waals surface area contributed by atoms with Gasteiger partial charge in [0.15, 0.2) is 0 Å². The van der Waals surface area contributed by atoms with E-state index in [1.165, 1.54) is 23.6 Å². The molecular weight excluding hydrogens is 388 g/mol. The van der Waals surface area contributed by atoms with Crippen LogP contribution in [0.5, 0.6) is 0 Å². The van der Waals surface area contributed by atoms with E-state index in [9.17, 15) is 9.59 Å². The number of rotatable bonds is 4. The first-order valence-electron chi connectivity index (χ1n) is 10.4. The van der Waals surface area contributed by atoms with E-state index in [0.29, 0.717) is 29.1 Å². The highest BCUT2D eigenvalue weighted by Gasteiger charge is 2.29. The number of nitrogens with zero attached hydrogens (tertiary/aromatic N) is 3. The molecule has 1 aromatic carbocycles. The lowest BCUT2D eigenvalue weighted by Crippen LogP contribution is -2.46. The Morgan fingerprint density at radius 1 is 1.14 bits per heavy atom. The van der Waals surface area contributed by atoms with Crippen LogP contribution < -0.4 is 15.8 Å². The fourth-order valence-corrected chi connectivity index (χ4v) is 4.43. The smallest absolute Gasteiger partial charge is 0.271 e. The normalized spacial score (nSPS) is 20.1. The van der Waals surface area contributed by atoms with Crippen molar-refractivity contribution in [1.82, 2.24) is 15.1 Å². The molecule has 1 saturated heterocycles. The summed E-state index contributed by atoms with van der Waals surface area (Å²) in [4.78, 5) is 27.2. The SMILES string of the molecule is Cc1ccc(-n2nc(N3CCC[C@@H](C(=O)NC4CCCC4)C3)ccc2=O)cc1Cl. The molecule has 154 valence electrons. The third-order valence-corrected chi connectivity index (χ3v) is 6.41. The van der Waals surface area contributed by atoms with Crippen LogP contribution in [0.4, 0.5) is 5.82 Å². The number of benzene rings is 1. The molecule has 1 N–H and O–H groups in total. The van der Waals surface area contributed by atoms with Gasteiger partial charge in [-0.1, -0.05) is 30.5 Å². The number of halogens is 1. The molecule has 1 atom stereocenters. The maximum atomic E-state index is 12.7. The second-order valence-electron chi connectivity index (χ2n) is 8.15. The van der Waals surface area contributed by atoms with Gasteiger partial charge in [-0.3, -0.25) is 9.59 Å². The van der Waals surface area contributed by atoms with E-state index in [2.05, 4.69) is 15.3 Å². The quantitative estimate of drug-likeness (QED) is 0.831. The molecule has 0 radical (unpaired) electrons. The van der Waals surface area contributed by atoms with Crippen LogP contribution in [0.3, 0.4) is 0 Å². The summed E-state index contributed by atoms with van der Waals surface area (Å²) in [5.74, 6) is 0.820. The minimum Gasteiger partial charge on any atom is -0.354 e. The average molecular weight is 415 g/mol. The number of piperidine rings is 1. The van der Waals surface area contributed by atoms with Crippen molar-refractivity contribution in [2.24, 2.45) is 5.92 Å². The molecule has 2 aromatic rings. The fourth-order valence-electron chi connectivity index (χ4n) is 4.26. The van der Waals surface area contributed by atoms with Gasteiger partial charge in [0.2, 0.25) is 5.91 Å². The van der Waals surface area contributed by atoms with Crippen LogP contribution in [-0.2, 0) is 4.79 Å². The van der Waals surface area contributed by atoms with Crippen LogP contribution in [0.15, 0.2) is 35.1 Å². The van der Waals surface area contributed by atoms with Gasteiger partial charge in [0.1, 0.15) is 5.82 Å². The molecule has 4 rings (SSSR count). The summed E-state index contributed by atoms with van der Waals surface area (Å²) in [6.45, 7) is 3.37. The van der Waals surface area contributed by atoms with E-state index in [1.54, 1.807) is 12.1 Å². The maximum absolute atomic E-state index is 12.7. The zero-order valence-electron chi connectivity index (χ0n) is 16.7. The predicted octanol–water partition coefficient (Wildman–Crippen LogP) is 3.47. The minimum absolute atomic E-state index is 0.0413. The van der Waals surface area contributed by atoms with Crippen molar-refractivity contribution >= 4 is 23.3 Å². The molecule has 6 nitrogen and oxygen atoms in total. The molecular formula is C22H27ClN4O2. The van der Waals surface area contributed by atoms with E-state index in [1.807, 2.05) is 19.1 Å². The summed E-state index contributed by atoms with van der Waals surface area (Å²) >= 11 is 6.23. The lowest BCUT2D eigenvalue weighted by atomic mass is 9.96.